The Morgan fingerprint density at radius 3 is 2.48 bits per heavy atom. The van der Waals surface area contributed by atoms with Gasteiger partial charge in [-0.05, 0) is 55.1 Å². The highest BCUT2D eigenvalue weighted by molar-refractivity contribution is 5.46. The maximum Gasteiger partial charge on any atom is 0.126 e. The highest BCUT2D eigenvalue weighted by Crippen LogP contribution is 2.23. The number of nitrogens with zero attached hydrogens (tertiary/aromatic N) is 1. The molecule has 0 aliphatic carbocycles. The molecular formula is C19H25FN2O. The first-order valence-corrected chi connectivity index (χ1v) is 7.96. The van der Waals surface area contributed by atoms with E-state index in [4.69, 9.17) is 10.5 Å². The van der Waals surface area contributed by atoms with Gasteiger partial charge in [0, 0.05) is 25.8 Å². The van der Waals surface area contributed by atoms with Crippen LogP contribution in [0, 0.1) is 5.82 Å². The third kappa shape index (κ3) is 5.25. The van der Waals surface area contributed by atoms with Crippen LogP contribution in [0.15, 0.2) is 48.5 Å². The monoisotopic (exact) mass is 316 g/mol. The van der Waals surface area contributed by atoms with Crippen molar-refractivity contribution in [3.05, 3.63) is 59.9 Å². The van der Waals surface area contributed by atoms with E-state index in [2.05, 4.69) is 29.2 Å². The molecule has 4 heteroatoms. The summed E-state index contributed by atoms with van der Waals surface area (Å²) in [5.41, 5.74) is 8.35. The molecule has 23 heavy (non-hydrogen) atoms. The number of nitrogens with two attached hydrogens (primary N) is 1. The van der Waals surface area contributed by atoms with Crippen LogP contribution >= 0.6 is 0 Å². The van der Waals surface area contributed by atoms with Gasteiger partial charge in [0.05, 0.1) is 6.61 Å². The van der Waals surface area contributed by atoms with Crippen LogP contribution in [-0.2, 0) is 0 Å². The Balaban J connectivity index is 1.82. The van der Waals surface area contributed by atoms with E-state index < -0.39 is 0 Å². The Kier molecular flexibility index (Phi) is 6.41. The number of hydrogen-bond donors (Lipinski definition) is 1. The minimum atomic E-state index is -0.275. The molecule has 0 spiro atoms. The molecule has 0 aliphatic rings. The molecule has 2 aromatic carbocycles. The Bertz CT molecular complexity index is 599. The van der Waals surface area contributed by atoms with E-state index in [1.54, 1.807) is 12.1 Å². The van der Waals surface area contributed by atoms with Crippen molar-refractivity contribution in [3.63, 3.8) is 0 Å². The second kappa shape index (κ2) is 8.53. The normalized spacial score (nSPS) is 12.0. The summed E-state index contributed by atoms with van der Waals surface area (Å²) in [4.78, 5) is 2.08. The Morgan fingerprint density at radius 2 is 1.87 bits per heavy atom. The molecule has 0 amide bonds. The molecule has 0 fully saturated rings. The van der Waals surface area contributed by atoms with Crippen LogP contribution in [0.25, 0.3) is 0 Å². The van der Waals surface area contributed by atoms with Crippen molar-refractivity contribution in [3.8, 4) is 5.75 Å². The van der Waals surface area contributed by atoms with Gasteiger partial charge in [-0.15, -0.1) is 0 Å². The van der Waals surface area contributed by atoms with Crippen LogP contribution in [0.4, 0.5) is 10.1 Å². The number of halogens is 1. The molecule has 1 unspecified atom stereocenters. The van der Waals surface area contributed by atoms with Crippen LogP contribution < -0.4 is 15.4 Å². The van der Waals surface area contributed by atoms with E-state index >= 15 is 0 Å². The molecule has 0 aromatic heterocycles. The van der Waals surface area contributed by atoms with Gasteiger partial charge in [0.1, 0.15) is 11.6 Å². The Hall–Kier alpha value is -2.07. The predicted octanol–water partition coefficient (Wildman–Crippen LogP) is 3.79. The number of anilines is 1. The molecule has 3 nitrogen and oxygen atoms in total. The topological polar surface area (TPSA) is 38.5 Å². The van der Waals surface area contributed by atoms with E-state index in [0.29, 0.717) is 24.8 Å². The molecule has 2 aromatic rings. The van der Waals surface area contributed by atoms with Gasteiger partial charge in [-0.25, -0.2) is 4.39 Å². The summed E-state index contributed by atoms with van der Waals surface area (Å²) < 4.78 is 18.7. The summed E-state index contributed by atoms with van der Waals surface area (Å²) in [7, 11) is 4.05. The van der Waals surface area contributed by atoms with Gasteiger partial charge in [-0.2, -0.15) is 0 Å². The molecule has 0 saturated carbocycles. The fourth-order valence-electron chi connectivity index (χ4n) is 2.54. The number of benzene rings is 2. The number of hydrogen-bond acceptors (Lipinski definition) is 3. The minimum Gasteiger partial charge on any atom is -0.493 e. The Labute approximate surface area is 137 Å². The van der Waals surface area contributed by atoms with E-state index in [1.165, 1.54) is 23.4 Å². The lowest BCUT2D eigenvalue weighted by Gasteiger charge is -2.18. The van der Waals surface area contributed by atoms with Gasteiger partial charge >= 0.3 is 0 Å². The molecule has 2 rings (SSSR count). The quantitative estimate of drug-likeness (QED) is 0.753. The summed E-state index contributed by atoms with van der Waals surface area (Å²) in [6.45, 7) is 1.18. The minimum absolute atomic E-state index is 0.275. The van der Waals surface area contributed by atoms with Crippen LogP contribution in [0.5, 0.6) is 5.75 Å². The summed E-state index contributed by atoms with van der Waals surface area (Å²) in [5, 5.41) is 0. The maximum atomic E-state index is 13.1. The molecule has 0 saturated heterocycles. The molecular weight excluding hydrogens is 291 g/mol. The standard InChI is InChI=1S/C19H25FN2O/c1-22(2)18-10-8-15(9-11-18)16(14-21)5-4-12-23-19-7-3-6-17(20)13-19/h3,6-11,13,16H,4-5,12,14,21H2,1-2H3. The second-order valence-corrected chi connectivity index (χ2v) is 5.87. The first-order chi connectivity index (χ1) is 11.1. The molecule has 2 N–H and O–H groups in total. The van der Waals surface area contributed by atoms with Gasteiger partial charge < -0.3 is 15.4 Å². The lowest BCUT2D eigenvalue weighted by molar-refractivity contribution is 0.300. The van der Waals surface area contributed by atoms with Gasteiger partial charge in [-0.3, -0.25) is 0 Å². The Morgan fingerprint density at radius 1 is 1.13 bits per heavy atom. The summed E-state index contributed by atoms with van der Waals surface area (Å²) in [6, 6.07) is 14.7. The van der Waals surface area contributed by atoms with Crippen molar-refractivity contribution in [2.24, 2.45) is 5.73 Å². The van der Waals surface area contributed by atoms with Gasteiger partial charge in [-0.1, -0.05) is 18.2 Å². The first kappa shape index (κ1) is 17.3. The molecule has 0 bridgehead atoms. The number of rotatable bonds is 8. The van der Waals surface area contributed by atoms with Crippen LogP contribution in [-0.4, -0.2) is 27.2 Å². The van der Waals surface area contributed by atoms with Crippen molar-refractivity contribution in [1.82, 2.24) is 0 Å². The largest absolute Gasteiger partial charge is 0.493 e. The average Bonchev–Trinajstić information content (AvgIpc) is 2.55. The van der Waals surface area contributed by atoms with Gasteiger partial charge in [0.2, 0.25) is 0 Å². The molecule has 124 valence electrons. The third-order valence-corrected chi connectivity index (χ3v) is 3.93. The van der Waals surface area contributed by atoms with Crippen molar-refractivity contribution in [2.45, 2.75) is 18.8 Å². The molecule has 0 radical (unpaired) electrons. The highest BCUT2D eigenvalue weighted by Gasteiger charge is 2.10. The van der Waals surface area contributed by atoms with E-state index in [0.717, 1.165) is 12.8 Å². The van der Waals surface area contributed by atoms with Crippen molar-refractivity contribution in [1.29, 1.82) is 0 Å². The van der Waals surface area contributed by atoms with E-state index in [9.17, 15) is 4.39 Å². The second-order valence-electron chi connectivity index (χ2n) is 5.87. The van der Waals surface area contributed by atoms with Crippen LogP contribution in [0.2, 0.25) is 0 Å². The highest BCUT2D eigenvalue weighted by atomic mass is 19.1. The zero-order valence-corrected chi connectivity index (χ0v) is 13.8. The third-order valence-electron chi connectivity index (χ3n) is 3.93. The van der Waals surface area contributed by atoms with Crippen molar-refractivity contribution < 1.29 is 9.13 Å². The SMILES string of the molecule is CN(C)c1ccc(C(CN)CCCOc2cccc(F)c2)cc1. The van der Waals surface area contributed by atoms with E-state index in [1.807, 2.05) is 14.1 Å². The smallest absolute Gasteiger partial charge is 0.126 e. The van der Waals surface area contributed by atoms with Crippen molar-refractivity contribution in [2.75, 3.05) is 32.1 Å². The first-order valence-electron chi connectivity index (χ1n) is 7.96. The van der Waals surface area contributed by atoms with Gasteiger partial charge in [0.25, 0.3) is 0 Å². The average molecular weight is 316 g/mol. The summed E-state index contributed by atoms with van der Waals surface area (Å²) in [5.74, 6) is 0.621. The van der Waals surface area contributed by atoms with Gasteiger partial charge in [0.15, 0.2) is 0 Å². The van der Waals surface area contributed by atoms with Crippen LogP contribution in [0.1, 0.15) is 24.3 Å². The van der Waals surface area contributed by atoms with Crippen LogP contribution in [0.3, 0.4) is 0 Å². The van der Waals surface area contributed by atoms with Crippen molar-refractivity contribution >= 4 is 5.69 Å². The van der Waals surface area contributed by atoms with E-state index in [-0.39, 0.29) is 5.82 Å². The lowest BCUT2D eigenvalue weighted by atomic mass is 9.94. The summed E-state index contributed by atoms with van der Waals surface area (Å²) in [6.07, 6.45) is 1.83. The number of ether oxygens (including phenoxy) is 1. The molecule has 0 heterocycles. The zero-order valence-electron chi connectivity index (χ0n) is 13.8. The maximum absolute atomic E-state index is 13.1. The molecule has 1 atom stereocenters. The fourth-order valence-corrected chi connectivity index (χ4v) is 2.54. The summed E-state index contributed by atoms with van der Waals surface area (Å²) >= 11 is 0. The lowest BCUT2D eigenvalue weighted by Crippen LogP contribution is -2.14. The predicted molar refractivity (Wildman–Crippen MR) is 93.7 cm³/mol. The zero-order chi connectivity index (χ0) is 16.7. The fraction of sp³-hybridized carbons (Fsp3) is 0.368. The molecule has 0 aliphatic heterocycles.